The first-order valence-corrected chi connectivity index (χ1v) is 12.3. The Morgan fingerprint density at radius 3 is 2.53 bits per heavy atom. The first-order chi connectivity index (χ1) is 15.2. The molecule has 32 heavy (non-hydrogen) atoms. The molecule has 1 aliphatic carbocycles. The van der Waals surface area contributed by atoms with E-state index < -0.39 is 0 Å². The Morgan fingerprint density at radius 1 is 1.28 bits per heavy atom. The number of aliphatic hydroxyl groups excluding tert-OH is 1. The lowest BCUT2D eigenvalue weighted by molar-refractivity contribution is -0.130. The van der Waals surface area contributed by atoms with Gasteiger partial charge in [-0.3, -0.25) is 4.79 Å². The van der Waals surface area contributed by atoms with Crippen molar-refractivity contribution in [2.24, 2.45) is 11.3 Å². The van der Waals surface area contributed by atoms with E-state index in [4.69, 9.17) is 0 Å². The Morgan fingerprint density at radius 2 is 1.94 bits per heavy atom. The molecule has 0 aromatic carbocycles. The van der Waals surface area contributed by atoms with Gasteiger partial charge in [-0.05, 0) is 25.8 Å². The topological polar surface area (TPSA) is 45.5 Å². The highest BCUT2D eigenvalue weighted by atomic mass is 32.2. The maximum atomic E-state index is 13.7. The van der Waals surface area contributed by atoms with Gasteiger partial charge in [0.05, 0.1) is 5.69 Å². The predicted octanol–water partition coefficient (Wildman–Crippen LogP) is 5.92. The summed E-state index contributed by atoms with van der Waals surface area (Å²) in [4.78, 5) is 16.4. The summed E-state index contributed by atoms with van der Waals surface area (Å²) in [5.41, 5.74) is 4.93. The number of allylic oxidation sites excluding steroid dienone is 5. The molecule has 1 N–H and O–H groups in total. The van der Waals surface area contributed by atoms with Gasteiger partial charge < -0.3 is 14.6 Å². The summed E-state index contributed by atoms with van der Waals surface area (Å²) in [6.45, 7) is 20.6. The highest BCUT2D eigenvalue weighted by Crippen LogP contribution is 2.53. The fourth-order valence-electron chi connectivity index (χ4n) is 4.35. The lowest BCUT2D eigenvalue weighted by Gasteiger charge is -2.32. The van der Waals surface area contributed by atoms with Crippen LogP contribution in [-0.2, 0) is 11.3 Å². The molecule has 2 heterocycles. The minimum absolute atomic E-state index is 0.0721. The van der Waals surface area contributed by atoms with Crippen LogP contribution in [0.15, 0.2) is 42.4 Å². The van der Waals surface area contributed by atoms with Crippen LogP contribution in [0.5, 0.6) is 0 Å². The van der Waals surface area contributed by atoms with Crippen LogP contribution >= 0.6 is 11.8 Å². The molecule has 172 valence electrons. The Hall–Kier alpha value is -2.24. The Bertz CT molecular complexity index is 1010. The molecule has 0 radical (unpaired) electrons. The predicted molar refractivity (Wildman–Crippen MR) is 138 cm³/mol. The monoisotopic (exact) mass is 452 g/mol. The average Bonchev–Trinajstić information content (AvgIpc) is 2.91. The second-order valence-corrected chi connectivity index (χ2v) is 10.5. The number of likely N-dealkylation sites (N-methyl/N-ethyl adjacent to an activating group) is 1. The Kier molecular flexibility index (Phi) is 7.41. The molecular weight excluding hydrogens is 416 g/mol. The molecule has 2 aliphatic rings. The van der Waals surface area contributed by atoms with Gasteiger partial charge >= 0.3 is 0 Å². The van der Waals surface area contributed by atoms with Crippen molar-refractivity contribution in [2.75, 3.05) is 19.7 Å². The number of fused-ring (bicyclic) bond motifs is 3. The SMILES string of the molecule is C=C/C=C1\C(=C)SC(C(=O)N(CC)CC)c2c3c(n(CC(C)(C)CO)c21)C=CC(C)C=C3. The van der Waals surface area contributed by atoms with E-state index in [0.29, 0.717) is 25.6 Å². The molecule has 0 spiro atoms. The number of hydrogen-bond acceptors (Lipinski definition) is 3. The van der Waals surface area contributed by atoms with Crippen LogP contribution in [-0.4, -0.2) is 40.2 Å². The van der Waals surface area contributed by atoms with E-state index in [9.17, 15) is 9.90 Å². The van der Waals surface area contributed by atoms with Crippen molar-refractivity contribution in [3.05, 3.63) is 64.9 Å². The highest BCUT2D eigenvalue weighted by Gasteiger charge is 2.40. The number of rotatable bonds is 7. The van der Waals surface area contributed by atoms with Gasteiger partial charge in [0.1, 0.15) is 5.25 Å². The average molecular weight is 453 g/mol. The van der Waals surface area contributed by atoms with Gasteiger partial charge in [0.2, 0.25) is 5.91 Å². The second-order valence-electron chi connectivity index (χ2n) is 9.29. The third-order valence-electron chi connectivity index (χ3n) is 6.18. The summed E-state index contributed by atoms with van der Waals surface area (Å²) in [5.74, 6) is 0.430. The number of hydrogen-bond donors (Lipinski definition) is 1. The van der Waals surface area contributed by atoms with Crippen LogP contribution in [0.2, 0.25) is 0 Å². The molecule has 2 unspecified atom stereocenters. The summed E-state index contributed by atoms with van der Waals surface area (Å²) in [6, 6.07) is 0. The minimum atomic E-state index is -0.349. The van der Waals surface area contributed by atoms with Gasteiger partial charge in [-0.1, -0.05) is 64.3 Å². The molecule has 0 bridgehead atoms. The lowest BCUT2D eigenvalue weighted by Crippen LogP contribution is -2.35. The van der Waals surface area contributed by atoms with Gasteiger partial charge in [0.15, 0.2) is 0 Å². The Balaban J connectivity index is 2.37. The minimum Gasteiger partial charge on any atom is -0.396 e. The van der Waals surface area contributed by atoms with Gasteiger partial charge in [0.25, 0.3) is 0 Å². The molecular formula is C27H36N2O2S. The molecule has 1 aliphatic heterocycles. The van der Waals surface area contributed by atoms with E-state index in [-0.39, 0.29) is 23.2 Å². The van der Waals surface area contributed by atoms with Crippen LogP contribution in [0.4, 0.5) is 0 Å². The first-order valence-electron chi connectivity index (χ1n) is 11.4. The van der Waals surface area contributed by atoms with Crippen molar-refractivity contribution in [3.63, 3.8) is 0 Å². The summed E-state index contributed by atoms with van der Waals surface area (Å²) < 4.78 is 2.28. The number of aromatic nitrogens is 1. The van der Waals surface area contributed by atoms with Crippen LogP contribution < -0.4 is 0 Å². The highest BCUT2D eigenvalue weighted by molar-refractivity contribution is 8.04. The standard InChI is InChI=1S/C27H36N2O2S/c1-8-11-20-19(5)32-25(26(31)28(9-2)10-3)23-21-14-12-18(4)13-15-22(21)29(24(20)23)16-27(6,7)17-30/h8,11-15,18,25,30H,1,5,9-10,16-17H2,2-4,6-7H3/b20-11+. The molecule has 0 saturated heterocycles. The van der Waals surface area contributed by atoms with Gasteiger partial charge in [-0.15, -0.1) is 11.8 Å². The van der Waals surface area contributed by atoms with E-state index in [1.807, 2.05) is 24.8 Å². The van der Waals surface area contributed by atoms with Crippen molar-refractivity contribution in [2.45, 2.75) is 46.4 Å². The number of nitrogens with zero attached hydrogens (tertiary/aromatic N) is 2. The van der Waals surface area contributed by atoms with Crippen molar-refractivity contribution in [3.8, 4) is 0 Å². The van der Waals surface area contributed by atoms with E-state index >= 15 is 0 Å². The van der Waals surface area contributed by atoms with Gasteiger partial charge in [0, 0.05) is 59.0 Å². The van der Waals surface area contributed by atoms with Crippen LogP contribution in [0, 0.1) is 11.3 Å². The Labute approximate surface area is 197 Å². The second kappa shape index (κ2) is 9.72. The van der Waals surface area contributed by atoms with Crippen LogP contribution in [0.1, 0.15) is 62.4 Å². The molecule has 3 rings (SSSR count). The smallest absolute Gasteiger partial charge is 0.240 e. The maximum absolute atomic E-state index is 13.7. The molecule has 1 amide bonds. The molecule has 1 aromatic rings. The summed E-state index contributed by atoms with van der Waals surface area (Å²) in [7, 11) is 0. The third-order valence-corrected chi connectivity index (χ3v) is 7.36. The van der Waals surface area contributed by atoms with E-state index in [1.165, 1.54) is 11.8 Å². The van der Waals surface area contributed by atoms with Gasteiger partial charge in [-0.25, -0.2) is 0 Å². The fraction of sp³-hybridized carbons (Fsp3) is 0.444. The molecule has 1 aromatic heterocycles. The molecule has 4 nitrogen and oxygen atoms in total. The summed E-state index contributed by atoms with van der Waals surface area (Å²) in [5, 5.41) is 9.69. The summed E-state index contributed by atoms with van der Waals surface area (Å²) in [6.07, 6.45) is 12.5. The molecule has 2 atom stereocenters. The zero-order chi connectivity index (χ0) is 23.6. The van der Waals surface area contributed by atoms with Crippen molar-refractivity contribution in [1.29, 1.82) is 0 Å². The molecule has 5 heteroatoms. The number of carbonyl (C=O) groups is 1. The van der Waals surface area contributed by atoms with Crippen molar-refractivity contribution >= 4 is 35.4 Å². The van der Waals surface area contributed by atoms with Crippen LogP contribution in [0.3, 0.4) is 0 Å². The maximum Gasteiger partial charge on any atom is 0.240 e. The van der Waals surface area contributed by atoms with E-state index in [1.54, 1.807) is 6.08 Å². The number of aliphatic hydroxyl groups is 1. The zero-order valence-corrected chi connectivity index (χ0v) is 20.8. The van der Waals surface area contributed by atoms with Crippen molar-refractivity contribution in [1.82, 2.24) is 9.47 Å². The largest absolute Gasteiger partial charge is 0.396 e. The first kappa shape index (κ1) is 24.4. The summed E-state index contributed by atoms with van der Waals surface area (Å²) >= 11 is 1.54. The quantitative estimate of drug-likeness (QED) is 0.558. The number of thioether (sulfide) groups is 1. The van der Waals surface area contributed by atoms with E-state index in [2.05, 4.69) is 62.8 Å². The van der Waals surface area contributed by atoms with Gasteiger partial charge in [-0.2, -0.15) is 0 Å². The lowest BCUT2D eigenvalue weighted by atomic mass is 9.94. The number of amides is 1. The van der Waals surface area contributed by atoms with Crippen LogP contribution in [0.25, 0.3) is 17.7 Å². The normalized spacial score (nSPS) is 21.3. The number of carbonyl (C=O) groups excluding carboxylic acids is 1. The molecule has 0 saturated carbocycles. The third kappa shape index (κ3) is 4.46. The van der Waals surface area contributed by atoms with Crippen molar-refractivity contribution < 1.29 is 9.90 Å². The molecule has 0 fully saturated rings. The van der Waals surface area contributed by atoms with E-state index in [0.717, 1.165) is 33.0 Å². The fourth-order valence-corrected chi connectivity index (χ4v) is 5.53. The zero-order valence-electron chi connectivity index (χ0n) is 20.0.